The quantitative estimate of drug-likeness (QED) is 0.146. The summed E-state index contributed by atoms with van der Waals surface area (Å²) in [7, 11) is 0. The van der Waals surface area contributed by atoms with Crippen molar-refractivity contribution in [2.75, 3.05) is 43.1 Å². The molecule has 0 radical (unpaired) electrons. The number of amides is 4. The highest BCUT2D eigenvalue weighted by atomic mass is 19.1. The molecule has 5 rings (SSSR count). The van der Waals surface area contributed by atoms with E-state index in [1.807, 2.05) is 48.5 Å². The van der Waals surface area contributed by atoms with E-state index in [1.165, 1.54) is 12.1 Å². The summed E-state index contributed by atoms with van der Waals surface area (Å²) in [6.45, 7) is 5.37. The van der Waals surface area contributed by atoms with E-state index in [2.05, 4.69) is 5.32 Å². The number of carbonyl (C=O) groups excluding carboxylic acids is 3. The fourth-order valence-electron chi connectivity index (χ4n) is 6.38. The number of aryl methyl sites for hydroxylation is 1. The number of aliphatic hydroxyl groups is 2. The number of anilines is 2. The largest absolute Gasteiger partial charge is 0.394 e. The SMILES string of the molecule is CC(C)(CC(=O)N(N)[C@@H]1CCc2cc(F)ccc2N(Cc2ccc(-c3ccccc3NC(=O)N3CCOCC3)cc2)C1=O)C[C@H](O)CO. The van der Waals surface area contributed by atoms with E-state index in [4.69, 9.17) is 10.6 Å². The molecule has 1 saturated heterocycles. The molecule has 3 aromatic carbocycles. The van der Waals surface area contributed by atoms with Crippen LogP contribution in [-0.2, 0) is 27.3 Å². The van der Waals surface area contributed by atoms with Crippen LogP contribution in [0.5, 0.6) is 0 Å². The van der Waals surface area contributed by atoms with Crippen LogP contribution in [0.2, 0.25) is 0 Å². The number of para-hydroxylation sites is 1. The fourth-order valence-corrected chi connectivity index (χ4v) is 6.38. The van der Waals surface area contributed by atoms with Gasteiger partial charge in [-0.2, -0.15) is 0 Å². The third-order valence-electron chi connectivity index (χ3n) is 8.90. The Morgan fingerprint density at radius 2 is 1.81 bits per heavy atom. The molecule has 2 atom stereocenters. The zero-order chi connectivity index (χ0) is 34.4. The van der Waals surface area contributed by atoms with Gasteiger partial charge in [-0.3, -0.25) is 14.6 Å². The van der Waals surface area contributed by atoms with E-state index in [0.29, 0.717) is 49.7 Å². The second kappa shape index (κ2) is 15.2. The zero-order valence-corrected chi connectivity index (χ0v) is 27.4. The number of urea groups is 1. The molecule has 12 heteroatoms. The summed E-state index contributed by atoms with van der Waals surface area (Å²) in [5.74, 6) is 5.06. The van der Waals surface area contributed by atoms with Crippen molar-refractivity contribution < 1.29 is 33.7 Å². The molecule has 256 valence electrons. The number of aliphatic hydroxyl groups excluding tert-OH is 2. The summed E-state index contributed by atoms with van der Waals surface area (Å²) in [6.07, 6.45) is -0.299. The molecule has 0 spiro atoms. The van der Waals surface area contributed by atoms with Gasteiger partial charge in [0.05, 0.1) is 38.2 Å². The van der Waals surface area contributed by atoms with Gasteiger partial charge in [0.1, 0.15) is 11.9 Å². The standard InChI is InChI=1S/C36H44FN5O6/c1-36(2,20-28(44)23-43)21-33(45)42(38)32-13-11-26-19-27(37)12-14-31(26)41(34(32)46)22-24-7-9-25(10-8-24)29-5-3-4-6-30(29)39-35(47)40-15-17-48-18-16-40/h3-10,12,14,19,28,32,43-44H,11,13,15-18,20-23,38H2,1-2H3,(H,39,47)/t28-,32+/m0/s1. The summed E-state index contributed by atoms with van der Waals surface area (Å²) >= 11 is 0. The van der Waals surface area contributed by atoms with Crippen LogP contribution < -0.4 is 16.1 Å². The first kappa shape index (κ1) is 35.0. The molecule has 11 nitrogen and oxygen atoms in total. The van der Waals surface area contributed by atoms with Gasteiger partial charge < -0.3 is 30.1 Å². The summed E-state index contributed by atoms with van der Waals surface area (Å²) in [5, 5.41) is 23.2. The summed E-state index contributed by atoms with van der Waals surface area (Å²) in [4.78, 5) is 43.6. The summed E-state index contributed by atoms with van der Waals surface area (Å²) in [5.41, 5.74) is 3.69. The van der Waals surface area contributed by atoms with Crippen LogP contribution in [0.25, 0.3) is 11.1 Å². The van der Waals surface area contributed by atoms with Crippen LogP contribution in [-0.4, -0.2) is 83.0 Å². The number of nitrogens with one attached hydrogen (secondary N) is 1. The average molecular weight is 662 g/mol. The Morgan fingerprint density at radius 3 is 2.52 bits per heavy atom. The molecule has 0 bridgehead atoms. The predicted octanol–water partition coefficient (Wildman–Crippen LogP) is 4.07. The molecule has 3 aromatic rings. The second-order valence-corrected chi connectivity index (χ2v) is 13.2. The van der Waals surface area contributed by atoms with E-state index < -0.39 is 35.9 Å². The van der Waals surface area contributed by atoms with Crippen LogP contribution in [0.1, 0.15) is 44.2 Å². The molecule has 1 fully saturated rings. The Kier molecular flexibility index (Phi) is 11.1. The molecule has 4 amide bonds. The normalized spacial score (nSPS) is 17.4. The summed E-state index contributed by atoms with van der Waals surface area (Å²) < 4.78 is 19.7. The highest BCUT2D eigenvalue weighted by Gasteiger charge is 2.37. The highest BCUT2D eigenvalue weighted by molar-refractivity contribution is 6.00. The van der Waals surface area contributed by atoms with Crippen molar-refractivity contribution in [1.29, 1.82) is 0 Å². The lowest BCUT2D eigenvalue weighted by Gasteiger charge is -2.33. The number of ether oxygens (including phenoxy) is 1. The third-order valence-corrected chi connectivity index (χ3v) is 8.90. The lowest BCUT2D eigenvalue weighted by Crippen LogP contribution is -2.54. The molecular weight excluding hydrogens is 617 g/mol. The van der Waals surface area contributed by atoms with Crippen LogP contribution in [0.3, 0.4) is 0 Å². The van der Waals surface area contributed by atoms with Gasteiger partial charge in [0.2, 0.25) is 5.91 Å². The Bertz CT molecular complexity index is 1610. The zero-order valence-electron chi connectivity index (χ0n) is 27.4. The van der Waals surface area contributed by atoms with E-state index in [1.54, 1.807) is 29.7 Å². The van der Waals surface area contributed by atoms with Gasteiger partial charge in [0, 0.05) is 30.8 Å². The van der Waals surface area contributed by atoms with Crippen molar-refractivity contribution in [3.8, 4) is 11.1 Å². The molecular formula is C36H44FN5O6. The Balaban J connectivity index is 1.36. The van der Waals surface area contributed by atoms with E-state index in [-0.39, 0.29) is 37.7 Å². The number of benzene rings is 3. The number of hydrogen-bond acceptors (Lipinski definition) is 7. The van der Waals surface area contributed by atoms with Gasteiger partial charge >= 0.3 is 6.03 Å². The molecule has 0 saturated carbocycles. The van der Waals surface area contributed by atoms with Gasteiger partial charge in [-0.15, -0.1) is 0 Å². The van der Waals surface area contributed by atoms with E-state index >= 15 is 0 Å². The number of fused-ring (bicyclic) bond motifs is 1. The Labute approximate surface area is 280 Å². The first-order chi connectivity index (χ1) is 23.0. The minimum Gasteiger partial charge on any atom is -0.394 e. The fraction of sp³-hybridized carbons (Fsp3) is 0.417. The summed E-state index contributed by atoms with van der Waals surface area (Å²) in [6, 6.07) is 18.3. The van der Waals surface area contributed by atoms with Crippen molar-refractivity contribution in [3.05, 3.63) is 83.7 Å². The number of morpholine rings is 1. The van der Waals surface area contributed by atoms with E-state index in [9.17, 15) is 29.0 Å². The minimum absolute atomic E-state index is 0.0399. The molecule has 48 heavy (non-hydrogen) atoms. The highest BCUT2D eigenvalue weighted by Crippen LogP contribution is 2.33. The van der Waals surface area contributed by atoms with Crippen molar-refractivity contribution in [2.24, 2.45) is 11.3 Å². The number of rotatable bonds is 10. The van der Waals surface area contributed by atoms with Crippen molar-refractivity contribution >= 4 is 29.2 Å². The van der Waals surface area contributed by atoms with Crippen molar-refractivity contribution in [1.82, 2.24) is 9.91 Å². The van der Waals surface area contributed by atoms with Crippen molar-refractivity contribution in [3.63, 3.8) is 0 Å². The van der Waals surface area contributed by atoms with Gasteiger partial charge in [-0.1, -0.05) is 56.3 Å². The molecule has 2 heterocycles. The lowest BCUT2D eigenvalue weighted by molar-refractivity contribution is -0.142. The van der Waals surface area contributed by atoms with Crippen LogP contribution in [0, 0.1) is 11.2 Å². The number of halogens is 1. The number of nitrogens with two attached hydrogens (primary N) is 1. The van der Waals surface area contributed by atoms with Gasteiger partial charge in [0.15, 0.2) is 0 Å². The van der Waals surface area contributed by atoms with Crippen LogP contribution in [0.4, 0.5) is 20.6 Å². The average Bonchev–Trinajstić information content (AvgIpc) is 3.20. The third kappa shape index (κ3) is 8.37. The van der Waals surface area contributed by atoms with Crippen molar-refractivity contribution in [2.45, 2.75) is 58.2 Å². The first-order valence-electron chi connectivity index (χ1n) is 16.2. The number of carbonyl (C=O) groups is 3. The van der Waals surface area contributed by atoms with Crippen LogP contribution >= 0.6 is 0 Å². The Hall–Kier alpha value is -4.36. The maximum Gasteiger partial charge on any atom is 0.322 e. The topological polar surface area (TPSA) is 149 Å². The van der Waals surface area contributed by atoms with Crippen LogP contribution in [0.15, 0.2) is 66.7 Å². The Morgan fingerprint density at radius 1 is 1.10 bits per heavy atom. The monoisotopic (exact) mass is 661 g/mol. The lowest BCUT2D eigenvalue weighted by atomic mass is 9.83. The number of hydrazine groups is 1. The smallest absolute Gasteiger partial charge is 0.322 e. The molecule has 5 N–H and O–H groups in total. The maximum absolute atomic E-state index is 14.3. The number of hydrogen-bond donors (Lipinski definition) is 4. The predicted molar refractivity (Wildman–Crippen MR) is 180 cm³/mol. The number of nitrogens with zero attached hydrogens (tertiary/aromatic N) is 3. The van der Waals surface area contributed by atoms with Gasteiger partial charge in [0.25, 0.3) is 5.91 Å². The minimum atomic E-state index is -0.993. The van der Waals surface area contributed by atoms with Gasteiger partial charge in [-0.25, -0.2) is 15.0 Å². The second-order valence-electron chi connectivity index (χ2n) is 13.2. The molecule has 0 aliphatic carbocycles. The van der Waals surface area contributed by atoms with Gasteiger partial charge in [-0.05, 0) is 65.6 Å². The molecule has 0 aromatic heterocycles. The maximum atomic E-state index is 14.3. The molecule has 2 aliphatic rings. The first-order valence-corrected chi connectivity index (χ1v) is 16.2. The molecule has 0 unspecified atom stereocenters. The molecule has 2 aliphatic heterocycles. The van der Waals surface area contributed by atoms with E-state index in [0.717, 1.165) is 21.7 Å².